The van der Waals surface area contributed by atoms with E-state index in [0.29, 0.717) is 34.6 Å². The molecule has 0 spiro atoms. The largest absolute Gasteiger partial charge is 0.345 e. The van der Waals surface area contributed by atoms with Gasteiger partial charge in [-0.1, -0.05) is 11.6 Å². The van der Waals surface area contributed by atoms with Crippen LogP contribution in [0.5, 0.6) is 0 Å². The normalized spacial score (nSPS) is 20.5. The van der Waals surface area contributed by atoms with Gasteiger partial charge < -0.3 is 15.2 Å². The second-order valence-corrected chi connectivity index (χ2v) is 11.2. The average molecular weight is 480 g/mol. The second kappa shape index (κ2) is 8.18. The maximum Gasteiger partial charge on any atom is 0.282 e. The summed E-state index contributed by atoms with van der Waals surface area (Å²) in [4.78, 5) is 23.0. The Hall–Kier alpha value is -1.98. The number of hydrogen-bond acceptors (Lipinski definition) is 6. The summed E-state index contributed by atoms with van der Waals surface area (Å²) < 4.78 is 27.6. The molecule has 0 aliphatic carbocycles. The van der Waals surface area contributed by atoms with Crippen LogP contribution < -0.4 is 5.32 Å². The first kappa shape index (κ1) is 20.9. The Balaban J connectivity index is 1.26. The molecule has 0 bridgehead atoms. The van der Waals surface area contributed by atoms with E-state index in [1.807, 2.05) is 0 Å². The number of carbonyl (C=O) groups excluding carboxylic acids is 1. The fourth-order valence-electron chi connectivity index (χ4n) is 4.09. The molecule has 1 unspecified atom stereocenters. The summed E-state index contributed by atoms with van der Waals surface area (Å²) in [5, 5.41) is 5.24. The van der Waals surface area contributed by atoms with Crippen molar-refractivity contribution in [1.82, 2.24) is 24.5 Å². The van der Waals surface area contributed by atoms with Gasteiger partial charge in [0.15, 0.2) is 5.01 Å². The van der Waals surface area contributed by atoms with Gasteiger partial charge >= 0.3 is 0 Å². The van der Waals surface area contributed by atoms with E-state index < -0.39 is 10.0 Å². The highest BCUT2D eigenvalue weighted by molar-refractivity contribution is 7.89. The molecule has 2 aliphatic heterocycles. The Labute approximate surface area is 189 Å². The van der Waals surface area contributed by atoms with E-state index in [-0.39, 0.29) is 24.0 Å². The van der Waals surface area contributed by atoms with Crippen molar-refractivity contribution < 1.29 is 13.2 Å². The van der Waals surface area contributed by atoms with Gasteiger partial charge in [-0.05, 0) is 37.2 Å². The molecule has 2 fully saturated rings. The Morgan fingerprint density at radius 1 is 1.19 bits per heavy atom. The number of nitrogens with zero attached hydrogens (tertiary/aromatic N) is 3. The number of aromatic amines is 1. The number of aromatic nitrogens is 2. The summed E-state index contributed by atoms with van der Waals surface area (Å²) in [6.45, 7) is 3.08. The second-order valence-electron chi connectivity index (χ2n) is 7.82. The number of hydrogen-bond donors (Lipinski definition) is 2. The summed E-state index contributed by atoms with van der Waals surface area (Å²) in [6, 6.07) is 6.81. The van der Waals surface area contributed by atoms with Crippen molar-refractivity contribution in [2.24, 2.45) is 0 Å². The molecular weight excluding hydrogens is 458 g/mol. The number of fused-ring (bicyclic) bond motifs is 1. The van der Waals surface area contributed by atoms with Crippen LogP contribution in [0.3, 0.4) is 0 Å². The minimum absolute atomic E-state index is 0.125. The van der Waals surface area contributed by atoms with Gasteiger partial charge in [0.05, 0.1) is 0 Å². The first-order valence-electron chi connectivity index (χ1n) is 10.2. The molecule has 8 nitrogen and oxygen atoms in total. The molecule has 2 N–H and O–H groups in total. The molecule has 31 heavy (non-hydrogen) atoms. The highest BCUT2D eigenvalue weighted by atomic mass is 35.5. The molecule has 0 saturated carbocycles. The maximum absolute atomic E-state index is 13.1. The number of amides is 1. The Kier molecular flexibility index (Phi) is 5.51. The predicted molar refractivity (Wildman–Crippen MR) is 120 cm³/mol. The number of carbonyl (C=O) groups is 1. The zero-order valence-electron chi connectivity index (χ0n) is 16.7. The van der Waals surface area contributed by atoms with Crippen LogP contribution in [0.1, 0.15) is 27.0 Å². The summed E-state index contributed by atoms with van der Waals surface area (Å²) in [5.41, 5.74) is 0.717. The third-order valence-corrected chi connectivity index (χ3v) is 9.07. The smallest absolute Gasteiger partial charge is 0.282 e. The molecule has 1 amide bonds. The molecule has 1 aromatic carbocycles. The Morgan fingerprint density at radius 3 is 2.74 bits per heavy atom. The number of sulfonamides is 1. The maximum atomic E-state index is 13.1. The molecule has 5 rings (SSSR count). The van der Waals surface area contributed by atoms with Crippen LogP contribution in [0.4, 0.5) is 0 Å². The fraction of sp³-hybridized carbons (Fsp3) is 0.400. The van der Waals surface area contributed by atoms with Crippen LogP contribution in [-0.4, -0.2) is 72.8 Å². The van der Waals surface area contributed by atoms with Crippen LogP contribution in [0.15, 0.2) is 35.5 Å². The Morgan fingerprint density at radius 2 is 2.00 bits per heavy atom. The van der Waals surface area contributed by atoms with Crippen molar-refractivity contribution in [2.45, 2.75) is 17.4 Å². The van der Waals surface area contributed by atoms with Gasteiger partial charge in [-0.3, -0.25) is 4.79 Å². The van der Waals surface area contributed by atoms with E-state index >= 15 is 0 Å². The molecule has 164 valence electrons. The van der Waals surface area contributed by atoms with Crippen molar-refractivity contribution in [3.8, 4) is 0 Å². The minimum atomic E-state index is -3.68. The molecule has 11 heteroatoms. The molecule has 1 atom stereocenters. The number of thiazole rings is 1. The monoisotopic (exact) mass is 479 g/mol. The average Bonchev–Trinajstić information content (AvgIpc) is 3.53. The number of nitrogens with one attached hydrogen (secondary N) is 2. The fourth-order valence-corrected chi connectivity index (χ4v) is 6.73. The predicted octanol–water partition coefficient (Wildman–Crippen LogP) is 2.50. The van der Waals surface area contributed by atoms with Crippen molar-refractivity contribution in [3.05, 3.63) is 45.4 Å². The molecule has 2 aromatic heterocycles. The first-order valence-corrected chi connectivity index (χ1v) is 12.8. The van der Waals surface area contributed by atoms with Gasteiger partial charge in [-0.15, -0.1) is 11.3 Å². The highest BCUT2D eigenvalue weighted by Crippen LogP contribution is 2.29. The van der Waals surface area contributed by atoms with Crippen LogP contribution in [0.25, 0.3) is 10.9 Å². The lowest BCUT2D eigenvalue weighted by atomic mass is 10.1. The number of H-pyrrole nitrogens is 1. The molecular formula is C20H22ClN5O3S2. The minimum Gasteiger partial charge on any atom is -0.345 e. The number of rotatable bonds is 4. The molecule has 4 heterocycles. The van der Waals surface area contributed by atoms with Crippen molar-refractivity contribution in [2.75, 3.05) is 39.3 Å². The highest BCUT2D eigenvalue weighted by Gasteiger charge is 2.32. The summed E-state index contributed by atoms with van der Waals surface area (Å²) >= 11 is 7.46. The van der Waals surface area contributed by atoms with Crippen LogP contribution >= 0.6 is 22.9 Å². The Bertz CT molecular complexity index is 1220. The lowest BCUT2D eigenvalue weighted by Gasteiger charge is -2.33. The SMILES string of the molecule is O=C(c1ncc(C2CCNC2)s1)N1CCN(S(=O)(=O)c2cc3cc(Cl)ccc3[nH]2)CC1. The zero-order chi connectivity index (χ0) is 21.6. The molecule has 0 radical (unpaired) electrons. The standard InChI is InChI=1S/C20H22ClN5O3S2/c21-15-1-2-16-14(9-15)10-18(24-16)31(28,29)26-7-5-25(6-8-26)20(27)19-23-12-17(30-19)13-3-4-22-11-13/h1-2,9-10,12-13,22,24H,3-8,11H2. The van der Waals surface area contributed by atoms with Crippen LogP contribution in [0.2, 0.25) is 5.02 Å². The molecule has 2 saturated heterocycles. The van der Waals surface area contributed by atoms with Gasteiger partial charge in [-0.25, -0.2) is 13.4 Å². The van der Waals surface area contributed by atoms with Gasteiger partial charge in [0.2, 0.25) is 0 Å². The number of halogens is 1. The summed E-state index contributed by atoms with van der Waals surface area (Å²) in [6.07, 6.45) is 2.87. The number of benzene rings is 1. The van der Waals surface area contributed by atoms with E-state index in [0.717, 1.165) is 29.8 Å². The van der Waals surface area contributed by atoms with Gasteiger partial charge in [0.1, 0.15) is 5.03 Å². The molecule has 2 aliphatic rings. The summed E-state index contributed by atoms with van der Waals surface area (Å²) in [7, 11) is -3.68. The third-order valence-electron chi connectivity index (χ3n) is 5.87. The quantitative estimate of drug-likeness (QED) is 0.599. The van der Waals surface area contributed by atoms with E-state index in [1.54, 1.807) is 35.4 Å². The lowest BCUT2D eigenvalue weighted by Crippen LogP contribution is -2.50. The van der Waals surface area contributed by atoms with E-state index in [1.165, 1.54) is 15.6 Å². The van der Waals surface area contributed by atoms with Crippen molar-refractivity contribution in [1.29, 1.82) is 0 Å². The van der Waals surface area contributed by atoms with Gasteiger partial charge in [-0.2, -0.15) is 4.31 Å². The van der Waals surface area contributed by atoms with Crippen molar-refractivity contribution >= 4 is 49.8 Å². The third kappa shape index (κ3) is 3.98. The zero-order valence-corrected chi connectivity index (χ0v) is 19.1. The first-order chi connectivity index (χ1) is 14.9. The number of piperazine rings is 1. The van der Waals surface area contributed by atoms with E-state index in [2.05, 4.69) is 15.3 Å². The molecule has 3 aromatic rings. The van der Waals surface area contributed by atoms with Gasteiger partial charge in [0.25, 0.3) is 15.9 Å². The summed E-state index contributed by atoms with van der Waals surface area (Å²) in [5.74, 6) is 0.298. The lowest BCUT2D eigenvalue weighted by molar-refractivity contribution is 0.0697. The van der Waals surface area contributed by atoms with E-state index in [9.17, 15) is 13.2 Å². The van der Waals surface area contributed by atoms with Crippen molar-refractivity contribution in [3.63, 3.8) is 0 Å². The topological polar surface area (TPSA) is 98.4 Å². The van der Waals surface area contributed by atoms with Gasteiger partial charge in [0, 0.05) is 65.6 Å². The van der Waals surface area contributed by atoms with Crippen LogP contribution in [-0.2, 0) is 10.0 Å². The van der Waals surface area contributed by atoms with E-state index in [4.69, 9.17) is 11.6 Å². The van der Waals surface area contributed by atoms with Crippen LogP contribution in [0, 0.1) is 0 Å².